The SMILES string of the molecule is CCCC1CN(c2cc(F)c(C)cc2F)C(C)CN1. The van der Waals surface area contributed by atoms with Crippen LogP contribution in [0, 0.1) is 18.6 Å². The van der Waals surface area contributed by atoms with Crippen LogP contribution >= 0.6 is 0 Å². The van der Waals surface area contributed by atoms with Gasteiger partial charge < -0.3 is 10.2 Å². The quantitative estimate of drug-likeness (QED) is 0.905. The number of rotatable bonds is 3. The van der Waals surface area contributed by atoms with Crippen LogP contribution in [0.25, 0.3) is 0 Å². The van der Waals surface area contributed by atoms with Gasteiger partial charge in [-0.2, -0.15) is 0 Å². The molecule has 2 unspecified atom stereocenters. The molecule has 106 valence electrons. The zero-order chi connectivity index (χ0) is 14.0. The molecule has 0 aromatic heterocycles. The number of benzene rings is 1. The summed E-state index contributed by atoms with van der Waals surface area (Å²) in [5.41, 5.74) is 0.743. The van der Waals surface area contributed by atoms with Crippen molar-refractivity contribution in [2.45, 2.75) is 45.7 Å². The second-order valence-corrected chi connectivity index (χ2v) is 5.45. The van der Waals surface area contributed by atoms with Gasteiger partial charge in [0.25, 0.3) is 0 Å². The van der Waals surface area contributed by atoms with Crippen molar-refractivity contribution in [1.29, 1.82) is 0 Å². The fourth-order valence-electron chi connectivity index (χ4n) is 2.66. The number of aryl methyl sites for hydroxylation is 1. The van der Waals surface area contributed by atoms with Crippen molar-refractivity contribution in [2.75, 3.05) is 18.0 Å². The lowest BCUT2D eigenvalue weighted by molar-refractivity contribution is 0.382. The van der Waals surface area contributed by atoms with Gasteiger partial charge >= 0.3 is 0 Å². The highest BCUT2D eigenvalue weighted by molar-refractivity contribution is 5.51. The van der Waals surface area contributed by atoms with E-state index < -0.39 is 0 Å². The molecule has 0 spiro atoms. The first-order chi connectivity index (χ1) is 9.02. The molecule has 0 saturated carbocycles. The van der Waals surface area contributed by atoms with Gasteiger partial charge in [0.15, 0.2) is 0 Å². The number of nitrogens with one attached hydrogen (secondary N) is 1. The lowest BCUT2D eigenvalue weighted by Gasteiger charge is -2.40. The van der Waals surface area contributed by atoms with E-state index in [1.54, 1.807) is 6.92 Å². The Balaban J connectivity index is 2.25. The van der Waals surface area contributed by atoms with E-state index in [0.29, 0.717) is 17.3 Å². The zero-order valence-corrected chi connectivity index (χ0v) is 11.8. The van der Waals surface area contributed by atoms with Crippen LogP contribution in [0.15, 0.2) is 12.1 Å². The molecule has 1 aliphatic rings. The highest BCUT2D eigenvalue weighted by atomic mass is 19.1. The molecule has 2 rings (SSSR count). The molecule has 1 aliphatic heterocycles. The lowest BCUT2D eigenvalue weighted by Crippen LogP contribution is -2.55. The van der Waals surface area contributed by atoms with E-state index in [4.69, 9.17) is 0 Å². The van der Waals surface area contributed by atoms with Gasteiger partial charge in [-0.3, -0.25) is 0 Å². The Hall–Kier alpha value is -1.16. The first-order valence-corrected chi connectivity index (χ1v) is 6.98. The maximum Gasteiger partial charge on any atom is 0.146 e. The van der Waals surface area contributed by atoms with Gasteiger partial charge in [0.2, 0.25) is 0 Å². The number of halogens is 2. The molecule has 1 N–H and O–H groups in total. The molecule has 1 aromatic carbocycles. The predicted molar refractivity (Wildman–Crippen MR) is 74.6 cm³/mol. The predicted octanol–water partition coefficient (Wildman–Crippen LogP) is 3.24. The van der Waals surface area contributed by atoms with Gasteiger partial charge in [0, 0.05) is 31.2 Å². The van der Waals surface area contributed by atoms with Crippen molar-refractivity contribution < 1.29 is 8.78 Å². The van der Waals surface area contributed by atoms with Crippen LogP contribution in [-0.2, 0) is 0 Å². The van der Waals surface area contributed by atoms with Crippen LogP contribution in [0.4, 0.5) is 14.5 Å². The van der Waals surface area contributed by atoms with Crippen molar-refractivity contribution >= 4 is 5.69 Å². The Bertz CT molecular complexity index is 448. The third-order valence-electron chi connectivity index (χ3n) is 3.83. The van der Waals surface area contributed by atoms with Crippen LogP contribution < -0.4 is 10.2 Å². The number of hydrogen-bond acceptors (Lipinski definition) is 2. The van der Waals surface area contributed by atoms with Gasteiger partial charge in [-0.25, -0.2) is 8.78 Å². The molecule has 1 fully saturated rings. The summed E-state index contributed by atoms with van der Waals surface area (Å²) in [7, 11) is 0. The van der Waals surface area contributed by atoms with E-state index in [1.165, 1.54) is 12.1 Å². The third-order valence-corrected chi connectivity index (χ3v) is 3.83. The Morgan fingerprint density at radius 1 is 1.32 bits per heavy atom. The van der Waals surface area contributed by atoms with Gasteiger partial charge in [-0.1, -0.05) is 13.3 Å². The molecule has 2 nitrogen and oxygen atoms in total. The third kappa shape index (κ3) is 3.06. The highest BCUT2D eigenvalue weighted by Crippen LogP contribution is 2.26. The second-order valence-electron chi connectivity index (χ2n) is 5.45. The van der Waals surface area contributed by atoms with E-state index in [-0.39, 0.29) is 17.7 Å². The van der Waals surface area contributed by atoms with Crippen LogP contribution in [0.5, 0.6) is 0 Å². The number of anilines is 1. The summed E-state index contributed by atoms with van der Waals surface area (Å²) in [6.45, 7) is 7.29. The summed E-state index contributed by atoms with van der Waals surface area (Å²) in [6.07, 6.45) is 2.14. The Morgan fingerprint density at radius 3 is 2.74 bits per heavy atom. The second kappa shape index (κ2) is 5.87. The van der Waals surface area contributed by atoms with Gasteiger partial charge in [0.1, 0.15) is 11.6 Å². The lowest BCUT2D eigenvalue weighted by atomic mass is 10.0. The molecule has 1 aromatic rings. The minimum atomic E-state index is -0.339. The first-order valence-electron chi connectivity index (χ1n) is 6.98. The number of nitrogens with zero attached hydrogens (tertiary/aromatic N) is 1. The van der Waals surface area contributed by atoms with Gasteiger partial charge in [-0.15, -0.1) is 0 Å². The number of piperazine rings is 1. The molecule has 1 heterocycles. The van der Waals surface area contributed by atoms with Gasteiger partial charge in [-0.05, 0) is 31.9 Å². The minimum absolute atomic E-state index is 0.171. The molecular formula is C15H22F2N2. The summed E-state index contributed by atoms with van der Waals surface area (Å²) in [6, 6.07) is 3.14. The molecule has 0 amide bonds. The standard InChI is InChI=1S/C15H22F2N2/c1-4-5-12-9-19(11(3)8-18-12)15-7-13(16)10(2)6-14(15)17/h6-7,11-12,18H,4-5,8-9H2,1-3H3. The average molecular weight is 268 g/mol. The summed E-state index contributed by atoms with van der Waals surface area (Å²) < 4.78 is 27.7. The van der Waals surface area contributed by atoms with Crippen molar-refractivity contribution in [3.63, 3.8) is 0 Å². The molecule has 0 bridgehead atoms. The van der Waals surface area contributed by atoms with E-state index in [1.807, 2.05) is 11.8 Å². The smallest absolute Gasteiger partial charge is 0.146 e. The van der Waals surface area contributed by atoms with Crippen LogP contribution in [0.3, 0.4) is 0 Å². The van der Waals surface area contributed by atoms with Crippen LogP contribution in [0.1, 0.15) is 32.3 Å². The highest BCUT2D eigenvalue weighted by Gasteiger charge is 2.26. The minimum Gasteiger partial charge on any atom is -0.364 e. The van der Waals surface area contributed by atoms with Crippen molar-refractivity contribution in [2.24, 2.45) is 0 Å². The summed E-state index contributed by atoms with van der Waals surface area (Å²) in [4.78, 5) is 1.98. The zero-order valence-electron chi connectivity index (χ0n) is 11.8. The molecule has 1 saturated heterocycles. The summed E-state index contributed by atoms with van der Waals surface area (Å²) >= 11 is 0. The fourth-order valence-corrected chi connectivity index (χ4v) is 2.66. The fraction of sp³-hybridized carbons (Fsp3) is 0.600. The largest absolute Gasteiger partial charge is 0.364 e. The normalized spacial score (nSPS) is 23.7. The van der Waals surface area contributed by atoms with Crippen molar-refractivity contribution in [3.05, 3.63) is 29.3 Å². The maximum absolute atomic E-state index is 14.1. The average Bonchev–Trinajstić information content (AvgIpc) is 2.37. The molecule has 0 aliphatic carbocycles. The Morgan fingerprint density at radius 2 is 2.05 bits per heavy atom. The molecular weight excluding hydrogens is 246 g/mol. The molecule has 19 heavy (non-hydrogen) atoms. The van der Waals surface area contributed by atoms with E-state index in [0.717, 1.165) is 25.9 Å². The number of hydrogen-bond donors (Lipinski definition) is 1. The monoisotopic (exact) mass is 268 g/mol. The summed E-state index contributed by atoms with van der Waals surface area (Å²) in [5, 5.41) is 3.46. The van der Waals surface area contributed by atoms with Gasteiger partial charge in [0.05, 0.1) is 5.69 Å². The Kier molecular flexibility index (Phi) is 4.40. The Labute approximate surface area is 113 Å². The van der Waals surface area contributed by atoms with Crippen LogP contribution in [0.2, 0.25) is 0 Å². The van der Waals surface area contributed by atoms with E-state index >= 15 is 0 Å². The maximum atomic E-state index is 14.1. The van der Waals surface area contributed by atoms with E-state index in [2.05, 4.69) is 12.2 Å². The molecule has 0 radical (unpaired) electrons. The van der Waals surface area contributed by atoms with E-state index in [9.17, 15) is 8.78 Å². The van der Waals surface area contributed by atoms with Crippen molar-refractivity contribution in [3.8, 4) is 0 Å². The molecule has 4 heteroatoms. The topological polar surface area (TPSA) is 15.3 Å². The molecule has 2 atom stereocenters. The van der Waals surface area contributed by atoms with Crippen molar-refractivity contribution in [1.82, 2.24) is 5.32 Å². The van der Waals surface area contributed by atoms with Crippen LogP contribution in [-0.4, -0.2) is 25.2 Å². The summed E-state index contributed by atoms with van der Waals surface area (Å²) in [5.74, 6) is -0.669. The first kappa shape index (κ1) is 14.3.